The van der Waals surface area contributed by atoms with E-state index in [0.717, 1.165) is 24.3 Å². The minimum Gasteiger partial charge on any atom is -0.466 e. The highest BCUT2D eigenvalue weighted by Gasteiger charge is 2.41. The lowest BCUT2D eigenvalue weighted by atomic mass is 9.62. The topological polar surface area (TPSA) is 26.3 Å². The lowest BCUT2D eigenvalue weighted by Gasteiger charge is -2.42. The second-order valence-electron chi connectivity index (χ2n) is 9.34. The van der Waals surface area contributed by atoms with Gasteiger partial charge in [-0.05, 0) is 95.3 Å². The lowest BCUT2D eigenvalue weighted by molar-refractivity contribution is -0.136. The number of esters is 1. The number of fused-ring (bicyclic) bond motifs is 4. The number of hydrogen-bond donors (Lipinski definition) is 0. The first kappa shape index (κ1) is 21.1. The average molecular weight is 383 g/mol. The highest BCUT2D eigenvalue weighted by molar-refractivity contribution is 5.87. The molecule has 2 heteroatoms. The molecule has 0 heterocycles. The molecule has 0 aromatic rings. The number of rotatable bonds is 5. The van der Waals surface area contributed by atoms with Gasteiger partial charge in [-0.15, -0.1) is 0 Å². The van der Waals surface area contributed by atoms with Gasteiger partial charge < -0.3 is 4.74 Å². The summed E-state index contributed by atoms with van der Waals surface area (Å²) in [4.78, 5) is 11.6. The molecule has 0 spiro atoms. The molecule has 3 aliphatic rings. The second-order valence-corrected chi connectivity index (χ2v) is 9.34. The van der Waals surface area contributed by atoms with Crippen LogP contribution in [0.3, 0.4) is 0 Å². The molecule has 4 atom stereocenters. The molecule has 0 aliphatic heterocycles. The smallest absolute Gasteiger partial charge is 0.333 e. The first-order valence-electron chi connectivity index (χ1n) is 11.2. The summed E-state index contributed by atoms with van der Waals surface area (Å²) in [6.45, 7) is 11.2. The van der Waals surface area contributed by atoms with Gasteiger partial charge in [-0.25, -0.2) is 4.79 Å². The summed E-state index contributed by atoms with van der Waals surface area (Å²) in [5.74, 6) is 2.53. The molecule has 28 heavy (non-hydrogen) atoms. The quantitative estimate of drug-likeness (QED) is 0.292. The zero-order valence-corrected chi connectivity index (χ0v) is 18.4. The van der Waals surface area contributed by atoms with Crippen molar-refractivity contribution in [1.29, 1.82) is 0 Å². The highest BCUT2D eigenvalue weighted by Crippen LogP contribution is 2.52. The van der Waals surface area contributed by atoms with Crippen molar-refractivity contribution in [2.75, 3.05) is 7.11 Å². The molecular formula is C26H38O2. The molecule has 0 amide bonds. The van der Waals surface area contributed by atoms with Gasteiger partial charge in [0.25, 0.3) is 0 Å². The summed E-state index contributed by atoms with van der Waals surface area (Å²) in [5.41, 5.74) is 7.33. The number of allylic oxidation sites excluding steroid dienone is 6. The van der Waals surface area contributed by atoms with Crippen molar-refractivity contribution >= 4 is 5.97 Å². The maximum absolute atomic E-state index is 11.6. The zero-order valence-electron chi connectivity index (χ0n) is 18.4. The van der Waals surface area contributed by atoms with E-state index in [1.165, 1.54) is 57.6 Å². The Kier molecular flexibility index (Phi) is 7.01. The summed E-state index contributed by atoms with van der Waals surface area (Å²) in [6.07, 6.45) is 15.4. The molecule has 0 N–H and O–H groups in total. The van der Waals surface area contributed by atoms with Crippen LogP contribution in [-0.4, -0.2) is 13.1 Å². The van der Waals surface area contributed by atoms with Crippen LogP contribution in [0, 0.1) is 23.7 Å². The Labute approximate surface area is 171 Å². The minimum atomic E-state index is -0.205. The van der Waals surface area contributed by atoms with Crippen molar-refractivity contribution in [2.45, 2.75) is 78.6 Å². The SMILES string of the molecule is C=C1CCC=C2CCC3=C(C)CCC(C(C)CCC=C(C)C(=O)OC)C3C1C2. The van der Waals surface area contributed by atoms with E-state index in [0.29, 0.717) is 17.8 Å². The van der Waals surface area contributed by atoms with Crippen LogP contribution in [-0.2, 0) is 9.53 Å². The van der Waals surface area contributed by atoms with Crippen LogP contribution in [0.25, 0.3) is 0 Å². The van der Waals surface area contributed by atoms with Crippen molar-refractivity contribution in [1.82, 2.24) is 0 Å². The monoisotopic (exact) mass is 382 g/mol. The van der Waals surface area contributed by atoms with E-state index in [4.69, 9.17) is 4.74 Å². The third-order valence-electron chi connectivity index (χ3n) is 7.63. The second kappa shape index (κ2) is 9.29. The predicted molar refractivity (Wildman–Crippen MR) is 117 cm³/mol. The van der Waals surface area contributed by atoms with Crippen LogP contribution in [0.4, 0.5) is 0 Å². The maximum Gasteiger partial charge on any atom is 0.333 e. The van der Waals surface area contributed by atoms with Gasteiger partial charge in [0.1, 0.15) is 0 Å². The largest absolute Gasteiger partial charge is 0.466 e. The van der Waals surface area contributed by atoms with Gasteiger partial charge in [-0.3, -0.25) is 0 Å². The van der Waals surface area contributed by atoms with Gasteiger partial charge in [0, 0.05) is 5.57 Å². The Hall–Kier alpha value is -1.57. The minimum absolute atomic E-state index is 0.205. The molecule has 0 saturated heterocycles. The van der Waals surface area contributed by atoms with Gasteiger partial charge >= 0.3 is 5.97 Å². The predicted octanol–water partition coefficient (Wildman–Crippen LogP) is 6.94. The van der Waals surface area contributed by atoms with Crippen molar-refractivity contribution in [3.63, 3.8) is 0 Å². The summed E-state index contributed by atoms with van der Waals surface area (Å²) in [6, 6.07) is 0. The molecule has 0 aromatic carbocycles. The molecule has 0 radical (unpaired) electrons. The average Bonchev–Trinajstić information content (AvgIpc) is 2.99. The van der Waals surface area contributed by atoms with E-state index in [1.54, 1.807) is 16.7 Å². The van der Waals surface area contributed by atoms with Crippen LogP contribution < -0.4 is 0 Å². The number of carbonyl (C=O) groups excluding carboxylic acids is 1. The molecule has 1 saturated carbocycles. The highest BCUT2D eigenvalue weighted by atomic mass is 16.5. The standard InChI is InChI=1S/C26H38O2/c1-17(8-6-10-20(4)26(27)28-5)22-14-12-19(3)23-15-13-21-11-7-9-18(2)24(16-21)25(22)23/h10-11,17,22,24-25H,2,6-9,12-16H2,1,3-5H3. The Morgan fingerprint density at radius 1 is 1.32 bits per heavy atom. The van der Waals surface area contributed by atoms with Gasteiger partial charge in [-0.2, -0.15) is 0 Å². The fourth-order valence-electron chi connectivity index (χ4n) is 5.88. The van der Waals surface area contributed by atoms with E-state index in [-0.39, 0.29) is 5.97 Å². The van der Waals surface area contributed by atoms with E-state index < -0.39 is 0 Å². The van der Waals surface area contributed by atoms with Crippen molar-refractivity contribution in [2.24, 2.45) is 23.7 Å². The summed E-state index contributed by atoms with van der Waals surface area (Å²) in [7, 11) is 1.45. The first-order valence-corrected chi connectivity index (χ1v) is 11.2. The molecule has 2 bridgehead atoms. The summed E-state index contributed by atoms with van der Waals surface area (Å²) >= 11 is 0. The van der Waals surface area contributed by atoms with Gasteiger partial charge in [0.15, 0.2) is 0 Å². The summed E-state index contributed by atoms with van der Waals surface area (Å²) in [5, 5.41) is 0. The molecule has 1 fully saturated rings. The lowest BCUT2D eigenvalue weighted by Crippen LogP contribution is -2.33. The van der Waals surface area contributed by atoms with Crippen molar-refractivity contribution in [3.05, 3.63) is 46.6 Å². The molecule has 4 unspecified atom stereocenters. The Balaban J connectivity index is 1.78. The molecule has 2 nitrogen and oxygen atoms in total. The van der Waals surface area contributed by atoms with Crippen LogP contribution in [0.5, 0.6) is 0 Å². The van der Waals surface area contributed by atoms with E-state index >= 15 is 0 Å². The summed E-state index contributed by atoms with van der Waals surface area (Å²) < 4.78 is 4.82. The van der Waals surface area contributed by atoms with Crippen LogP contribution in [0.15, 0.2) is 46.6 Å². The molecule has 154 valence electrons. The van der Waals surface area contributed by atoms with Gasteiger partial charge in [0.2, 0.25) is 0 Å². The van der Waals surface area contributed by atoms with E-state index in [2.05, 4.69) is 32.6 Å². The Bertz CT molecular complexity index is 706. The normalized spacial score (nSPS) is 29.4. The van der Waals surface area contributed by atoms with E-state index in [9.17, 15) is 4.79 Å². The fourth-order valence-corrected chi connectivity index (χ4v) is 5.88. The third kappa shape index (κ3) is 4.53. The van der Waals surface area contributed by atoms with Gasteiger partial charge in [-0.1, -0.05) is 47.9 Å². The number of carbonyl (C=O) groups is 1. The molecule has 3 aliphatic carbocycles. The van der Waals surface area contributed by atoms with Gasteiger partial charge in [0.05, 0.1) is 7.11 Å². The van der Waals surface area contributed by atoms with Crippen LogP contribution >= 0.6 is 0 Å². The van der Waals surface area contributed by atoms with Crippen LogP contribution in [0.2, 0.25) is 0 Å². The fraction of sp³-hybridized carbons (Fsp3) is 0.654. The number of hydrogen-bond acceptors (Lipinski definition) is 2. The third-order valence-corrected chi connectivity index (χ3v) is 7.63. The zero-order chi connectivity index (χ0) is 20.3. The Morgan fingerprint density at radius 2 is 2.11 bits per heavy atom. The van der Waals surface area contributed by atoms with E-state index in [1.807, 2.05) is 6.92 Å². The van der Waals surface area contributed by atoms with Crippen molar-refractivity contribution in [3.8, 4) is 0 Å². The first-order chi connectivity index (χ1) is 13.4. The molecular weight excluding hydrogens is 344 g/mol. The van der Waals surface area contributed by atoms with Crippen molar-refractivity contribution < 1.29 is 9.53 Å². The molecule has 0 aromatic heterocycles. The number of ether oxygens (including phenoxy) is 1. The molecule has 3 rings (SSSR count). The number of methoxy groups -OCH3 is 1. The van der Waals surface area contributed by atoms with Crippen LogP contribution in [0.1, 0.15) is 78.6 Å². The Morgan fingerprint density at radius 3 is 2.86 bits per heavy atom. The maximum atomic E-state index is 11.6.